The highest BCUT2D eigenvalue weighted by Gasteiger charge is 2.55. The third-order valence-electron chi connectivity index (χ3n) is 4.64. The summed E-state index contributed by atoms with van der Waals surface area (Å²) in [7, 11) is 0. The van der Waals surface area contributed by atoms with E-state index in [9.17, 15) is 19.5 Å². The third kappa shape index (κ3) is 2.45. The van der Waals surface area contributed by atoms with Gasteiger partial charge in [-0.2, -0.15) is 0 Å². The minimum atomic E-state index is -1.08. The first kappa shape index (κ1) is 15.0. The topological polar surface area (TPSA) is 74.7 Å². The lowest BCUT2D eigenvalue weighted by Gasteiger charge is -2.25. The zero-order valence-electron chi connectivity index (χ0n) is 12.3. The first-order chi connectivity index (χ1) is 9.36. The highest BCUT2D eigenvalue weighted by Crippen LogP contribution is 2.45. The van der Waals surface area contributed by atoms with Crippen molar-refractivity contribution in [3.8, 4) is 0 Å². The molecule has 0 radical (unpaired) electrons. The van der Waals surface area contributed by atoms with Crippen LogP contribution in [0, 0.1) is 23.7 Å². The molecule has 5 heteroatoms. The average Bonchev–Trinajstić information content (AvgIpc) is 2.88. The summed E-state index contributed by atoms with van der Waals surface area (Å²) >= 11 is 0. The monoisotopic (exact) mass is 281 g/mol. The fourth-order valence-electron chi connectivity index (χ4n) is 3.56. The maximum atomic E-state index is 12.4. The second-order valence-electron chi connectivity index (χ2n) is 6.49. The molecule has 0 aromatic carbocycles. The van der Waals surface area contributed by atoms with Gasteiger partial charge in [0.2, 0.25) is 11.8 Å². The Morgan fingerprint density at radius 2 is 1.75 bits per heavy atom. The fraction of sp³-hybridized carbons (Fsp3) is 0.800. The summed E-state index contributed by atoms with van der Waals surface area (Å²) < 4.78 is 0. The summed E-state index contributed by atoms with van der Waals surface area (Å²) in [5, 5.41) is 9.33. The van der Waals surface area contributed by atoms with Gasteiger partial charge in [0.05, 0.1) is 11.8 Å². The Bertz CT molecular complexity index is 408. The van der Waals surface area contributed by atoms with Crippen LogP contribution < -0.4 is 0 Å². The highest BCUT2D eigenvalue weighted by molar-refractivity contribution is 6.08. The van der Waals surface area contributed by atoms with Crippen molar-refractivity contribution < 1.29 is 19.5 Å². The van der Waals surface area contributed by atoms with E-state index >= 15 is 0 Å². The van der Waals surface area contributed by atoms with Gasteiger partial charge in [-0.3, -0.25) is 14.5 Å². The first-order valence-corrected chi connectivity index (χ1v) is 7.46. The zero-order valence-corrected chi connectivity index (χ0v) is 12.3. The molecule has 112 valence electrons. The molecule has 1 aliphatic carbocycles. The van der Waals surface area contributed by atoms with Crippen molar-refractivity contribution in [1.29, 1.82) is 0 Å². The number of nitrogens with zero attached hydrogens (tertiary/aromatic N) is 1. The largest absolute Gasteiger partial charge is 0.480 e. The number of carbonyl (C=O) groups excluding carboxylic acids is 2. The van der Waals surface area contributed by atoms with Crippen LogP contribution in [0.1, 0.15) is 46.5 Å². The predicted octanol–water partition coefficient (Wildman–Crippen LogP) is 1.91. The van der Waals surface area contributed by atoms with E-state index in [0.29, 0.717) is 12.3 Å². The number of fused-ring (bicyclic) bond motifs is 1. The number of aliphatic carboxylic acids is 1. The number of carboxylic acids is 1. The molecule has 0 aromatic heterocycles. The quantitative estimate of drug-likeness (QED) is 0.781. The first-order valence-electron chi connectivity index (χ1n) is 7.46. The Balaban J connectivity index is 2.20. The van der Waals surface area contributed by atoms with Gasteiger partial charge in [0.1, 0.15) is 6.04 Å². The number of hydrogen-bond donors (Lipinski definition) is 1. The van der Waals surface area contributed by atoms with E-state index < -0.39 is 12.0 Å². The minimum absolute atomic E-state index is 0.125. The molecule has 0 spiro atoms. The molecule has 3 atom stereocenters. The Morgan fingerprint density at radius 3 is 2.10 bits per heavy atom. The Kier molecular flexibility index (Phi) is 4.16. The van der Waals surface area contributed by atoms with Crippen LogP contribution in [0.5, 0.6) is 0 Å². The van der Waals surface area contributed by atoms with E-state index in [0.717, 1.165) is 24.2 Å². The summed E-state index contributed by atoms with van der Waals surface area (Å²) in [4.78, 5) is 37.3. The molecule has 20 heavy (non-hydrogen) atoms. The van der Waals surface area contributed by atoms with E-state index in [1.165, 1.54) is 0 Å². The van der Waals surface area contributed by atoms with Crippen LogP contribution in [0.4, 0.5) is 0 Å². The van der Waals surface area contributed by atoms with E-state index in [1.807, 2.05) is 13.8 Å². The molecule has 0 bridgehead atoms. The van der Waals surface area contributed by atoms with Gasteiger partial charge >= 0.3 is 5.97 Å². The normalized spacial score (nSPS) is 31.0. The molecular formula is C15H23NO4. The van der Waals surface area contributed by atoms with Gasteiger partial charge in [-0.05, 0) is 31.1 Å². The van der Waals surface area contributed by atoms with Crippen LogP contribution >= 0.6 is 0 Å². The second kappa shape index (κ2) is 5.54. The molecule has 2 rings (SSSR count). The van der Waals surface area contributed by atoms with Crippen LogP contribution in [0.3, 0.4) is 0 Å². The molecule has 1 saturated heterocycles. The molecule has 0 aromatic rings. The third-order valence-corrected chi connectivity index (χ3v) is 4.64. The standard InChI is InChI=1S/C15H23NO4/c1-4-9-6-10-11(7-9)14(18)16(13(10)17)12(15(19)20)5-8(2)3/h8-12H,4-7H2,1-3H3,(H,19,20). The van der Waals surface area contributed by atoms with Crippen molar-refractivity contribution in [3.05, 3.63) is 0 Å². The van der Waals surface area contributed by atoms with Crippen molar-refractivity contribution >= 4 is 17.8 Å². The van der Waals surface area contributed by atoms with Crippen molar-refractivity contribution in [1.82, 2.24) is 4.90 Å². The number of imide groups is 1. The molecule has 5 nitrogen and oxygen atoms in total. The molecule has 2 amide bonds. The fourth-order valence-corrected chi connectivity index (χ4v) is 3.56. The number of rotatable bonds is 5. The molecule has 1 aliphatic heterocycles. The number of carbonyl (C=O) groups is 3. The maximum Gasteiger partial charge on any atom is 0.326 e. The lowest BCUT2D eigenvalue weighted by atomic mass is 10.00. The molecule has 1 saturated carbocycles. The Morgan fingerprint density at radius 1 is 1.25 bits per heavy atom. The van der Waals surface area contributed by atoms with E-state index in [4.69, 9.17) is 0 Å². The Hall–Kier alpha value is -1.39. The zero-order chi connectivity index (χ0) is 15.0. The lowest BCUT2D eigenvalue weighted by Crippen LogP contribution is -2.46. The van der Waals surface area contributed by atoms with Gasteiger partial charge in [0.15, 0.2) is 0 Å². The van der Waals surface area contributed by atoms with Crippen LogP contribution in [0.2, 0.25) is 0 Å². The van der Waals surface area contributed by atoms with Crippen molar-refractivity contribution in [2.45, 2.75) is 52.5 Å². The summed E-state index contributed by atoms with van der Waals surface area (Å²) in [6.07, 6.45) is 2.76. The van der Waals surface area contributed by atoms with Gasteiger partial charge in [-0.15, -0.1) is 0 Å². The summed E-state index contributed by atoms with van der Waals surface area (Å²) in [5.41, 5.74) is 0. The van der Waals surface area contributed by atoms with Gasteiger partial charge in [0, 0.05) is 0 Å². The van der Waals surface area contributed by atoms with Crippen LogP contribution in [-0.2, 0) is 14.4 Å². The van der Waals surface area contributed by atoms with Crippen molar-refractivity contribution in [2.75, 3.05) is 0 Å². The second-order valence-corrected chi connectivity index (χ2v) is 6.49. The van der Waals surface area contributed by atoms with Crippen LogP contribution in [0.15, 0.2) is 0 Å². The number of carboxylic acid groups (broad SMARTS) is 1. The number of likely N-dealkylation sites (tertiary alicyclic amines) is 1. The molecule has 3 unspecified atom stereocenters. The Labute approximate surface area is 119 Å². The lowest BCUT2D eigenvalue weighted by molar-refractivity contribution is -0.156. The predicted molar refractivity (Wildman–Crippen MR) is 72.7 cm³/mol. The van der Waals surface area contributed by atoms with Crippen molar-refractivity contribution in [2.24, 2.45) is 23.7 Å². The maximum absolute atomic E-state index is 12.4. The average molecular weight is 281 g/mol. The minimum Gasteiger partial charge on any atom is -0.480 e. The van der Waals surface area contributed by atoms with Gasteiger partial charge in [-0.25, -0.2) is 4.79 Å². The molecular weight excluding hydrogens is 258 g/mol. The van der Waals surface area contributed by atoms with Gasteiger partial charge < -0.3 is 5.11 Å². The van der Waals surface area contributed by atoms with Crippen LogP contribution in [-0.4, -0.2) is 33.8 Å². The van der Waals surface area contributed by atoms with E-state index in [1.54, 1.807) is 0 Å². The van der Waals surface area contributed by atoms with Crippen molar-refractivity contribution in [3.63, 3.8) is 0 Å². The van der Waals surface area contributed by atoms with Gasteiger partial charge in [0.25, 0.3) is 0 Å². The number of hydrogen-bond acceptors (Lipinski definition) is 3. The summed E-state index contributed by atoms with van der Waals surface area (Å²) in [6.45, 7) is 5.86. The summed E-state index contributed by atoms with van der Waals surface area (Å²) in [5.74, 6) is -1.60. The molecule has 1 N–H and O–H groups in total. The SMILES string of the molecule is CCC1CC2C(=O)N(C(CC(C)C)C(=O)O)C(=O)C2C1. The van der Waals surface area contributed by atoms with E-state index in [-0.39, 0.29) is 29.6 Å². The van der Waals surface area contributed by atoms with Crippen LogP contribution in [0.25, 0.3) is 0 Å². The smallest absolute Gasteiger partial charge is 0.326 e. The molecule has 2 fully saturated rings. The summed E-state index contributed by atoms with van der Waals surface area (Å²) in [6, 6.07) is -0.999. The van der Waals surface area contributed by atoms with E-state index in [2.05, 4.69) is 6.92 Å². The molecule has 2 aliphatic rings. The van der Waals surface area contributed by atoms with Gasteiger partial charge in [-0.1, -0.05) is 27.2 Å². The highest BCUT2D eigenvalue weighted by atomic mass is 16.4. The molecule has 1 heterocycles. The number of amides is 2.